The van der Waals surface area contributed by atoms with Gasteiger partial charge < -0.3 is 9.47 Å². The van der Waals surface area contributed by atoms with E-state index in [1.807, 2.05) is 6.92 Å². The molecule has 122 valence electrons. The summed E-state index contributed by atoms with van der Waals surface area (Å²) in [6.07, 6.45) is 7.14. The highest BCUT2D eigenvalue weighted by Crippen LogP contribution is 2.36. The Morgan fingerprint density at radius 3 is 2.57 bits per heavy atom. The van der Waals surface area contributed by atoms with E-state index >= 15 is 0 Å². The van der Waals surface area contributed by atoms with E-state index in [1.54, 1.807) is 0 Å². The summed E-state index contributed by atoms with van der Waals surface area (Å²) in [5.74, 6) is -0.0838. The van der Waals surface area contributed by atoms with E-state index in [0.29, 0.717) is 12.6 Å². The molecule has 2 saturated carbocycles. The molecule has 4 nitrogen and oxygen atoms in total. The van der Waals surface area contributed by atoms with Crippen LogP contribution < -0.4 is 5.32 Å². The van der Waals surface area contributed by atoms with Crippen LogP contribution in [0.2, 0.25) is 0 Å². The maximum absolute atomic E-state index is 12.5. The molecule has 0 radical (unpaired) electrons. The molecule has 0 aliphatic heterocycles. The van der Waals surface area contributed by atoms with Gasteiger partial charge in [0.1, 0.15) is 5.54 Å². The van der Waals surface area contributed by atoms with Crippen molar-refractivity contribution in [2.75, 3.05) is 6.61 Å². The van der Waals surface area contributed by atoms with Gasteiger partial charge in [0.05, 0.1) is 18.3 Å². The zero-order chi connectivity index (χ0) is 15.5. The molecule has 0 saturated heterocycles. The molecule has 2 aliphatic carbocycles. The highest BCUT2D eigenvalue weighted by molar-refractivity contribution is 5.81. The van der Waals surface area contributed by atoms with Gasteiger partial charge in [-0.2, -0.15) is 0 Å². The smallest absolute Gasteiger partial charge is 0.326 e. The van der Waals surface area contributed by atoms with Crippen molar-refractivity contribution in [2.24, 2.45) is 0 Å². The predicted molar refractivity (Wildman–Crippen MR) is 83.2 cm³/mol. The van der Waals surface area contributed by atoms with Gasteiger partial charge in [0.15, 0.2) is 0 Å². The molecular formula is C17H31NO3. The Morgan fingerprint density at radius 1 is 1.29 bits per heavy atom. The average molecular weight is 297 g/mol. The summed E-state index contributed by atoms with van der Waals surface area (Å²) >= 11 is 0. The van der Waals surface area contributed by atoms with Gasteiger partial charge >= 0.3 is 5.97 Å². The third kappa shape index (κ3) is 4.43. The Bertz CT molecular complexity index is 365. The minimum absolute atomic E-state index is 0.0838. The van der Waals surface area contributed by atoms with Gasteiger partial charge in [0.2, 0.25) is 0 Å². The number of carbonyl (C=O) groups excluding carboxylic acids is 1. The van der Waals surface area contributed by atoms with Crippen molar-refractivity contribution in [2.45, 2.75) is 95.9 Å². The summed E-state index contributed by atoms with van der Waals surface area (Å²) in [5.41, 5.74) is -0.647. The Kier molecular flexibility index (Phi) is 5.31. The number of hydrogen-bond acceptors (Lipinski definition) is 4. The van der Waals surface area contributed by atoms with E-state index in [2.05, 4.69) is 26.1 Å². The largest absolute Gasteiger partial charge is 0.465 e. The van der Waals surface area contributed by atoms with Crippen molar-refractivity contribution in [3.8, 4) is 0 Å². The summed E-state index contributed by atoms with van der Waals surface area (Å²) in [5, 5.41) is 3.57. The predicted octanol–water partition coefficient (Wildman–Crippen LogP) is 3.19. The first-order valence-electron chi connectivity index (χ1n) is 8.53. The number of nitrogens with one attached hydrogen (secondary N) is 1. The SMILES string of the molecule is CCOC(=O)C1(NC2CC2)CCCC(OC(C)(C)CC)C1. The molecular weight excluding hydrogens is 266 g/mol. The van der Waals surface area contributed by atoms with Crippen LogP contribution in [0.4, 0.5) is 0 Å². The zero-order valence-electron chi connectivity index (χ0n) is 14.0. The van der Waals surface area contributed by atoms with Crippen LogP contribution in [0.3, 0.4) is 0 Å². The molecule has 0 spiro atoms. The lowest BCUT2D eigenvalue weighted by Crippen LogP contribution is -2.58. The Morgan fingerprint density at radius 2 is 2.00 bits per heavy atom. The molecule has 2 rings (SSSR count). The second-order valence-corrected chi connectivity index (χ2v) is 7.17. The molecule has 0 aromatic rings. The fourth-order valence-electron chi connectivity index (χ4n) is 3.12. The minimum atomic E-state index is -0.524. The lowest BCUT2D eigenvalue weighted by Gasteiger charge is -2.42. The van der Waals surface area contributed by atoms with Gasteiger partial charge in [-0.15, -0.1) is 0 Å². The lowest BCUT2D eigenvalue weighted by molar-refractivity contribution is -0.159. The molecule has 2 atom stereocenters. The maximum Gasteiger partial charge on any atom is 0.326 e. The monoisotopic (exact) mass is 297 g/mol. The maximum atomic E-state index is 12.5. The third-order valence-corrected chi connectivity index (χ3v) is 4.77. The highest BCUT2D eigenvalue weighted by atomic mass is 16.5. The van der Waals surface area contributed by atoms with Crippen molar-refractivity contribution in [3.05, 3.63) is 0 Å². The van der Waals surface area contributed by atoms with E-state index in [1.165, 1.54) is 12.8 Å². The Hall–Kier alpha value is -0.610. The summed E-state index contributed by atoms with van der Waals surface area (Å²) < 4.78 is 11.6. The molecule has 1 N–H and O–H groups in total. The third-order valence-electron chi connectivity index (χ3n) is 4.77. The van der Waals surface area contributed by atoms with Crippen LogP contribution in [0.15, 0.2) is 0 Å². The van der Waals surface area contributed by atoms with Crippen LogP contribution in [-0.4, -0.2) is 35.9 Å². The Balaban J connectivity index is 2.06. The van der Waals surface area contributed by atoms with Crippen molar-refractivity contribution < 1.29 is 14.3 Å². The van der Waals surface area contributed by atoms with Gasteiger partial charge in [-0.3, -0.25) is 10.1 Å². The van der Waals surface area contributed by atoms with Crippen molar-refractivity contribution in [3.63, 3.8) is 0 Å². The normalized spacial score (nSPS) is 30.2. The molecule has 0 heterocycles. The molecule has 0 amide bonds. The van der Waals surface area contributed by atoms with E-state index in [4.69, 9.17) is 9.47 Å². The minimum Gasteiger partial charge on any atom is -0.465 e. The van der Waals surface area contributed by atoms with Crippen LogP contribution in [0.5, 0.6) is 0 Å². The van der Waals surface area contributed by atoms with Crippen molar-refractivity contribution >= 4 is 5.97 Å². The molecule has 2 fully saturated rings. The van der Waals surface area contributed by atoms with Crippen LogP contribution in [0.1, 0.15) is 72.6 Å². The second kappa shape index (κ2) is 6.66. The van der Waals surface area contributed by atoms with Crippen LogP contribution in [-0.2, 0) is 14.3 Å². The van der Waals surface area contributed by atoms with Crippen LogP contribution >= 0.6 is 0 Å². The van der Waals surface area contributed by atoms with Gasteiger partial charge in [0.25, 0.3) is 0 Å². The number of rotatable bonds is 7. The van der Waals surface area contributed by atoms with E-state index in [9.17, 15) is 4.79 Å². The molecule has 4 heteroatoms. The summed E-state index contributed by atoms with van der Waals surface area (Å²) in [7, 11) is 0. The second-order valence-electron chi connectivity index (χ2n) is 7.17. The standard InChI is InChI=1S/C17H31NO3/c1-5-16(3,4)21-14-8-7-11-17(12-14,15(19)20-6-2)18-13-9-10-13/h13-14,18H,5-12H2,1-4H3. The van der Waals surface area contributed by atoms with Crippen LogP contribution in [0.25, 0.3) is 0 Å². The van der Waals surface area contributed by atoms with Gasteiger partial charge in [0, 0.05) is 12.5 Å². The molecule has 21 heavy (non-hydrogen) atoms. The summed E-state index contributed by atoms with van der Waals surface area (Å²) in [6, 6.07) is 0.493. The molecule has 0 bridgehead atoms. The van der Waals surface area contributed by atoms with E-state index in [-0.39, 0.29) is 17.7 Å². The van der Waals surface area contributed by atoms with E-state index in [0.717, 1.165) is 32.1 Å². The topological polar surface area (TPSA) is 47.6 Å². The van der Waals surface area contributed by atoms with Crippen LogP contribution in [0, 0.1) is 0 Å². The zero-order valence-corrected chi connectivity index (χ0v) is 14.0. The number of hydrogen-bond donors (Lipinski definition) is 1. The highest BCUT2D eigenvalue weighted by Gasteiger charge is 2.47. The average Bonchev–Trinajstić information content (AvgIpc) is 3.22. The number of esters is 1. The molecule has 0 aromatic carbocycles. The molecule has 0 aromatic heterocycles. The van der Waals surface area contributed by atoms with Gasteiger partial charge in [-0.25, -0.2) is 0 Å². The fraction of sp³-hybridized carbons (Fsp3) is 0.941. The first kappa shape index (κ1) is 16.8. The molecule has 2 aliphatic rings. The quantitative estimate of drug-likeness (QED) is 0.733. The first-order chi connectivity index (χ1) is 9.91. The van der Waals surface area contributed by atoms with Gasteiger partial charge in [-0.1, -0.05) is 6.92 Å². The lowest BCUT2D eigenvalue weighted by atomic mass is 9.79. The summed E-state index contributed by atoms with van der Waals surface area (Å²) in [6.45, 7) is 8.71. The Labute approximate surface area is 129 Å². The fourth-order valence-corrected chi connectivity index (χ4v) is 3.12. The van der Waals surface area contributed by atoms with Crippen molar-refractivity contribution in [1.29, 1.82) is 0 Å². The summed E-state index contributed by atoms with van der Waals surface area (Å²) in [4.78, 5) is 12.5. The van der Waals surface area contributed by atoms with Gasteiger partial charge in [-0.05, 0) is 59.3 Å². The van der Waals surface area contributed by atoms with Crippen molar-refractivity contribution in [1.82, 2.24) is 5.32 Å². The number of ether oxygens (including phenoxy) is 2. The molecule has 2 unspecified atom stereocenters. The number of carbonyl (C=O) groups is 1. The first-order valence-corrected chi connectivity index (χ1v) is 8.53. The van der Waals surface area contributed by atoms with E-state index < -0.39 is 5.54 Å².